The molecule has 0 radical (unpaired) electrons. The number of hydrogen-bond acceptors (Lipinski definition) is 4. The van der Waals surface area contributed by atoms with Crippen molar-refractivity contribution in [2.75, 3.05) is 31.1 Å². The van der Waals surface area contributed by atoms with Gasteiger partial charge >= 0.3 is 0 Å². The molecule has 0 bridgehead atoms. The molecule has 6 heteroatoms. The average Bonchev–Trinajstić information content (AvgIpc) is 2.89. The summed E-state index contributed by atoms with van der Waals surface area (Å²) >= 11 is 8.01. The number of fused-ring (bicyclic) bond motifs is 1. The summed E-state index contributed by atoms with van der Waals surface area (Å²) in [7, 11) is 0. The van der Waals surface area contributed by atoms with Gasteiger partial charge in [-0.25, -0.2) is 0 Å². The zero-order valence-electron chi connectivity index (χ0n) is 15.0. The Hall–Kier alpha value is -1.30. The third kappa shape index (κ3) is 4.33. The largest absolute Gasteiger partial charge is 0.314 e. The number of aromatic nitrogens is 3. The zero-order valence-corrected chi connectivity index (χ0v) is 16.6. The molecule has 3 heterocycles. The van der Waals surface area contributed by atoms with Crippen molar-refractivity contribution < 1.29 is 0 Å². The second kappa shape index (κ2) is 8.59. The molecule has 4 rings (SSSR count). The summed E-state index contributed by atoms with van der Waals surface area (Å²) < 4.78 is 2.36. The van der Waals surface area contributed by atoms with Gasteiger partial charge in [-0.3, -0.25) is 4.90 Å². The fourth-order valence-corrected chi connectivity index (χ4v) is 4.69. The molecule has 0 N–H and O–H groups in total. The molecule has 0 saturated heterocycles. The van der Waals surface area contributed by atoms with Crippen molar-refractivity contribution in [3.05, 3.63) is 52.6 Å². The molecule has 0 aliphatic carbocycles. The van der Waals surface area contributed by atoms with Gasteiger partial charge in [-0.05, 0) is 42.7 Å². The number of hydrogen-bond donors (Lipinski definition) is 0. The minimum atomic E-state index is 0.803. The number of halogens is 1. The second-order valence-electron chi connectivity index (χ2n) is 6.94. The summed E-state index contributed by atoms with van der Waals surface area (Å²) in [6.07, 6.45) is 6.71. The van der Waals surface area contributed by atoms with Crippen molar-refractivity contribution >= 4 is 28.9 Å². The van der Waals surface area contributed by atoms with Crippen molar-refractivity contribution in [1.29, 1.82) is 0 Å². The first-order chi connectivity index (χ1) is 12.8. The molecule has 2 aliphatic heterocycles. The van der Waals surface area contributed by atoms with Crippen LogP contribution < -0.4 is 0 Å². The lowest BCUT2D eigenvalue weighted by Crippen LogP contribution is -2.29. The summed E-state index contributed by atoms with van der Waals surface area (Å²) in [6, 6.07) is 8.20. The van der Waals surface area contributed by atoms with E-state index < -0.39 is 0 Å². The van der Waals surface area contributed by atoms with E-state index in [1.165, 1.54) is 34.3 Å². The number of benzene rings is 1. The van der Waals surface area contributed by atoms with Crippen molar-refractivity contribution in [3.8, 4) is 0 Å². The fraction of sp³-hybridized carbons (Fsp3) is 0.500. The van der Waals surface area contributed by atoms with Gasteiger partial charge in [-0.1, -0.05) is 29.8 Å². The molecular weight excluding hydrogens is 364 g/mol. The van der Waals surface area contributed by atoms with Crippen LogP contribution in [0.3, 0.4) is 0 Å². The highest BCUT2D eigenvalue weighted by molar-refractivity contribution is 7.99. The third-order valence-electron chi connectivity index (χ3n) is 5.22. The van der Waals surface area contributed by atoms with Crippen molar-refractivity contribution in [3.63, 3.8) is 0 Å². The van der Waals surface area contributed by atoms with Gasteiger partial charge < -0.3 is 4.57 Å². The average molecular weight is 389 g/mol. The van der Waals surface area contributed by atoms with Gasteiger partial charge in [0.2, 0.25) is 0 Å². The molecule has 0 saturated carbocycles. The SMILES string of the molecule is Clc1ccc(C2=CCN(CCCc3nnc4n3CCSCC4)CC2)cc1. The fourth-order valence-electron chi connectivity index (χ4n) is 3.72. The molecule has 2 aromatic rings. The predicted molar refractivity (Wildman–Crippen MR) is 110 cm³/mol. The summed E-state index contributed by atoms with van der Waals surface area (Å²) in [6.45, 7) is 4.36. The van der Waals surface area contributed by atoms with Crippen molar-refractivity contribution in [1.82, 2.24) is 19.7 Å². The number of thioether (sulfide) groups is 1. The first kappa shape index (κ1) is 18.1. The lowest BCUT2D eigenvalue weighted by atomic mass is 9.99. The van der Waals surface area contributed by atoms with Crippen LogP contribution in [0.25, 0.3) is 5.57 Å². The minimum Gasteiger partial charge on any atom is -0.314 e. The normalized spacial score (nSPS) is 18.3. The maximum Gasteiger partial charge on any atom is 0.133 e. The monoisotopic (exact) mass is 388 g/mol. The Morgan fingerprint density at radius 2 is 1.92 bits per heavy atom. The summed E-state index contributed by atoms with van der Waals surface area (Å²) in [4.78, 5) is 2.54. The molecular formula is C20H25ClN4S. The molecule has 1 aromatic heterocycles. The van der Waals surface area contributed by atoms with Gasteiger partial charge in [0.15, 0.2) is 0 Å². The predicted octanol–water partition coefficient (Wildman–Crippen LogP) is 3.94. The smallest absolute Gasteiger partial charge is 0.133 e. The van der Waals surface area contributed by atoms with Gasteiger partial charge in [-0.15, -0.1) is 10.2 Å². The molecule has 0 fully saturated rings. The van der Waals surface area contributed by atoms with E-state index in [1.807, 2.05) is 23.9 Å². The van der Waals surface area contributed by atoms with Gasteiger partial charge in [0.1, 0.15) is 11.6 Å². The highest BCUT2D eigenvalue weighted by atomic mass is 35.5. The van der Waals surface area contributed by atoms with Crippen LogP contribution in [0.4, 0.5) is 0 Å². The number of aryl methyl sites for hydroxylation is 2. The van der Waals surface area contributed by atoms with Crippen molar-refractivity contribution in [2.45, 2.75) is 32.2 Å². The standard InChI is InChI=1S/C20H25ClN4S/c21-18-5-3-16(4-6-18)17-7-11-24(12-8-17)10-1-2-19-22-23-20-9-14-26-15-13-25(19)20/h3-7H,1-2,8-15H2. The lowest BCUT2D eigenvalue weighted by molar-refractivity contribution is 0.296. The van der Waals surface area contributed by atoms with Crippen molar-refractivity contribution in [2.24, 2.45) is 0 Å². The molecule has 26 heavy (non-hydrogen) atoms. The molecule has 0 unspecified atom stereocenters. The first-order valence-electron chi connectivity index (χ1n) is 9.45. The summed E-state index contributed by atoms with van der Waals surface area (Å²) in [5, 5.41) is 9.64. The van der Waals surface area contributed by atoms with Crippen LogP contribution in [0, 0.1) is 0 Å². The van der Waals surface area contributed by atoms with Crippen LogP contribution in [-0.4, -0.2) is 50.8 Å². The Morgan fingerprint density at radius 1 is 1.04 bits per heavy atom. The van der Waals surface area contributed by atoms with Crippen LogP contribution in [0.2, 0.25) is 5.02 Å². The molecule has 0 atom stereocenters. The molecule has 0 amide bonds. The van der Waals surface area contributed by atoms with E-state index in [1.54, 1.807) is 0 Å². The Balaban J connectivity index is 1.28. The molecule has 1 aromatic carbocycles. The summed E-state index contributed by atoms with van der Waals surface area (Å²) in [5.41, 5.74) is 2.75. The molecule has 2 aliphatic rings. The topological polar surface area (TPSA) is 34.0 Å². The lowest BCUT2D eigenvalue weighted by Gasteiger charge is -2.26. The van der Waals surface area contributed by atoms with Gasteiger partial charge in [0, 0.05) is 49.0 Å². The first-order valence-corrected chi connectivity index (χ1v) is 11.0. The minimum absolute atomic E-state index is 0.803. The van der Waals surface area contributed by atoms with Crippen LogP contribution >= 0.6 is 23.4 Å². The highest BCUT2D eigenvalue weighted by Crippen LogP contribution is 2.24. The number of rotatable bonds is 5. The Morgan fingerprint density at radius 3 is 2.73 bits per heavy atom. The van der Waals surface area contributed by atoms with E-state index >= 15 is 0 Å². The van der Waals surface area contributed by atoms with Crippen LogP contribution in [0.15, 0.2) is 30.3 Å². The summed E-state index contributed by atoms with van der Waals surface area (Å²) in [5.74, 6) is 4.71. The Bertz CT molecular complexity index is 769. The van der Waals surface area contributed by atoms with Gasteiger partial charge in [0.05, 0.1) is 0 Å². The van der Waals surface area contributed by atoms with Crippen LogP contribution in [-0.2, 0) is 19.4 Å². The quantitative estimate of drug-likeness (QED) is 0.776. The second-order valence-corrected chi connectivity index (χ2v) is 8.60. The van der Waals surface area contributed by atoms with E-state index in [0.717, 1.165) is 56.9 Å². The van der Waals surface area contributed by atoms with Gasteiger partial charge in [0.25, 0.3) is 0 Å². The highest BCUT2D eigenvalue weighted by Gasteiger charge is 2.16. The van der Waals surface area contributed by atoms with E-state index in [9.17, 15) is 0 Å². The zero-order chi connectivity index (χ0) is 17.8. The Kier molecular flexibility index (Phi) is 5.98. The van der Waals surface area contributed by atoms with E-state index in [0.29, 0.717) is 0 Å². The molecule has 138 valence electrons. The maximum absolute atomic E-state index is 5.99. The molecule has 0 spiro atoms. The van der Waals surface area contributed by atoms with E-state index in [4.69, 9.17) is 11.6 Å². The van der Waals surface area contributed by atoms with Gasteiger partial charge in [-0.2, -0.15) is 11.8 Å². The van der Waals surface area contributed by atoms with Crippen LogP contribution in [0.5, 0.6) is 0 Å². The molecule has 4 nitrogen and oxygen atoms in total. The van der Waals surface area contributed by atoms with Crippen LogP contribution in [0.1, 0.15) is 30.1 Å². The Labute approximate surface area is 164 Å². The van der Waals surface area contributed by atoms with E-state index in [-0.39, 0.29) is 0 Å². The third-order valence-corrected chi connectivity index (χ3v) is 6.43. The number of nitrogens with zero attached hydrogens (tertiary/aromatic N) is 4. The van der Waals surface area contributed by atoms with E-state index in [2.05, 4.69) is 37.9 Å². The maximum atomic E-state index is 5.99.